The number of alkyl halides is 2. The number of amides is 1. The van der Waals surface area contributed by atoms with Crippen molar-refractivity contribution >= 4 is 45.8 Å². The van der Waals surface area contributed by atoms with Gasteiger partial charge in [-0.15, -0.1) is 0 Å². The highest BCUT2D eigenvalue weighted by Gasteiger charge is 2.35. The summed E-state index contributed by atoms with van der Waals surface area (Å²) in [4.78, 5) is 20.8. The molecule has 35 heavy (non-hydrogen) atoms. The van der Waals surface area contributed by atoms with Gasteiger partial charge in [0.1, 0.15) is 5.82 Å². The van der Waals surface area contributed by atoms with Gasteiger partial charge in [0.25, 0.3) is 17.9 Å². The highest BCUT2D eigenvalue weighted by Crippen LogP contribution is 2.33. The van der Waals surface area contributed by atoms with Crippen LogP contribution in [0, 0.1) is 16.3 Å². The summed E-state index contributed by atoms with van der Waals surface area (Å²) < 4.78 is 68.7. The van der Waals surface area contributed by atoms with Gasteiger partial charge in [-0.2, -0.15) is 8.78 Å². The van der Waals surface area contributed by atoms with Gasteiger partial charge in [0.05, 0.1) is 11.3 Å². The molecule has 2 fully saturated rings. The average molecular weight is 606 g/mol. The van der Waals surface area contributed by atoms with E-state index in [0.29, 0.717) is 24.3 Å². The van der Waals surface area contributed by atoms with E-state index < -0.39 is 36.6 Å². The first-order chi connectivity index (χ1) is 16.5. The molecule has 4 rings (SSSR count). The van der Waals surface area contributed by atoms with E-state index in [1.807, 2.05) is 11.0 Å². The number of hydrogen-bond acceptors (Lipinski definition) is 4. The third-order valence-corrected chi connectivity index (χ3v) is 7.01. The van der Waals surface area contributed by atoms with Crippen LogP contribution in [0.1, 0.15) is 41.6 Å². The summed E-state index contributed by atoms with van der Waals surface area (Å²) in [5.74, 6) is -3.84. The molecule has 1 aromatic heterocycles. The minimum Gasteiger partial charge on any atom is -0.370 e. The van der Waals surface area contributed by atoms with Crippen molar-refractivity contribution in [1.29, 1.82) is 0 Å². The lowest BCUT2D eigenvalue weighted by Crippen LogP contribution is -2.40. The van der Waals surface area contributed by atoms with Gasteiger partial charge in [-0.05, 0) is 77.8 Å². The Balaban J connectivity index is 1.57. The number of benzene rings is 1. The topological polar surface area (TPSA) is 48.5 Å². The zero-order valence-electron chi connectivity index (χ0n) is 19.0. The molecule has 11 heteroatoms. The normalized spacial score (nSPS) is 18.0. The van der Waals surface area contributed by atoms with Crippen LogP contribution >= 0.6 is 22.6 Å². The van der Waals surface area contributed by atoms with Gasteiger partial charge in [-0.3, -0.25) is 4.79 Å². The van der Waals surface area contributed by atoms with Gasteiger partial charge in [0, 0.05) is 42.6 Å². The predicted molar refractivity (Wildman–Crippen MR) is 133 cm³/mol. The van der Waals surface area contributed by atoms with Gasteiger partial charge in [-0.1, -0.05) is 0 Å². The SMILES string of the molecule is Cc1cc(NC(=O)c2ccc(I)cc2N2CCC(=C(F)F)CC2)nc(N2CCC(F)(F)CC2)c1F. The Kier molecular flexibility index (Phi) is 7.53. The molecule has 1 aromatic carbocycles. The summed E-state index contributed by atoms with van der Waals surface area (Å²) in [6, 6.07) is 6.62. The van der Waals surface area contributed by atoms with E-state index in [1.54, 1.807) is 12.1 Å². The van der Waals surface area contributed by atoms with E-state index in [1.165, 1.54) is 17.9 Å². The number of aryl methyl sites for hydroxylation is 1. The minimum absolute atomic E-state index is 0.0418. The smallest absolute Gasteiger partial charge is 0.269 e. The molecule has 0 spiro atoms. The molecule has 5 nitrogen and oxygen atoms in total. The summed E-state index contributed by atoms with van der Waals surface area (Å²) in [5.41, 5.74) is 1.31. The fourth-order valence-electron chi connectivity index (χ4n) is 4.31. The highest BCUT2D eigenvalue weighted by molar-refractivity contribution is 14.1. The first kappa shape index (κ1) is 25.6. The molecule has 2 aromatic rings. The average Bonchev–Trinajstić information content (AvgIpc) is 2.81. The number of nitrogens with one attached hydrogen (secondary N) is 1. The fourth-order valence-corrected chi connectivity index (χ4v) is 4.78. The summed E-state index contributed by atoms with van der Waals surface area (Å²) in [6.45, 7) is 2.14. The van der Waals surface area contributed by atoms with E-state index in [2.05, 4.69) is 32.9 Å². The lowest BCUT2D eigenvalue weighted by atomic mass is 10.0. The molecule has 3 heterocycles. The molecule has 0 bridgehead atoms. The van der Waals surface area contributed by atoms with Crippen molar-refractivity contribution < 1.29 is 26.7 Å². The lowest BCUT2D eigenvalue weighted by molar-refractivity contribution is -0.0222. The molecule has 188 valence electrons. The quantitative estimate of drug-likeness (QED) is 0.325. The van der Waals surface area contributed by atoms with Gasteiger partial charge in [-0.25, -0.2) is 18.2 Å². The van der Waals surface area contributed by atoms with Gasteiger partial charge in [0.2, 0.25) is 0 Å². The summed E-state index contributed by atoms with van der Waals surface area (Å²) in [7, 11) is 0. The molecule has 2 aliphatic rings. The van der Waals surface area contributed by atoms with E-state index in [9.17, 15) is 26.7 Å². The lowest BCUT2D eigenvalue weighted by Gasteiger charge is -2.33. The van der Waals surface area contributed by atoms with E-state index in [-0.39, 0.29) is 48.7 Å². The number of aromatic nitrogens is 1. The van der Waals surface area contributed by atoms with Crippen molar-refractivity contribution in [2.45, 2.75) is 38.5 Å². The Labute approximate surface area is 213 Å². The Morgan fingerprint density at radius 3 is 2.34 bits per heavy atom. The number of hydrogen-bond donors (Lipinski definition) is 1. The maximum absolute atomic E-state index is 14.8. The van der Waals surface area contributed by atoms with Crippen molar-refractivity contribution in [3.8, 4) is 0 Å². The molecule has 0 saturated carbocycles. The van der Waals surface area contributed by atoms with Gasteiger partial charge < -0.3 is 15.1 Å². The molecule has 2 saturated heterocycles. The monoisotopic (exact) mass is 606 g/mol. The van der Waals surface area contributed by atoms with Crippen molar-refractivity contribution in [3.63, 3.8) is 0 Å². The van der Waals surface area contributed by atoms with Crippen LogP contribution in [0.5, 0.6) is 0 Å². The molecular formula is C24H24F5IN4O. The molecule has 0 radical (unpaired) electrons. The van der Waals surface area contributed by atoms with E-state index in [4.69, 9.17) is 0 Å². The number of nitrogens with zero attached hydrogens (tertiary/aromatic N) is 3. The summed E-state index contributed by atoms with van der Waals surface area (Å²) >= 11 is 2.12. The largest absolute Gasteiger partial charge is 0.370 e. The molecule has 0 atom stereocenters. The van der Waals surface area contributed by atoms with Crippen molar-refractivity contribution in [2.24, 2.45) is 0 Å². The molecule has 1 amide bonds. The van der Waals surface area contributed by atoms with Crippen LogP contribution in [0.3, 0.4) is 0 Å². The van der Waals surface area contributed by atoms with Gasteiger partial charge >= 0.3 is 0 Å². The maximum atomic E-state index is 14.8. The number of pyridine rings is 1. The van der Waals surface area contributed by atoms with Crippen LogP contribution in [0.4, 0.5) is 39.3 Å². The van der Waals surface area contributed by atoms with Crippen LogP contribution in [-0.4, -0.2) is 43.0 Å². The van der Waals surface area contributed by atoms with Crippen LogP contribution in [-0.2, 0) is 0 Å². The number of halogens is 6. The van der Waals surface area contributed by atoms with Crippen molar-refractivity contribution in [3.05, 3.63) is 56.4 Å². The first-order valence-corrected chi connectivity index (χ1v) is 12.3. The second-order valence-corrected chi connectivity index (χ2v) is 10.0. The Hall–Kier alpha value is -2.44. The number of anilines is 3. The second-order valence-electron chi connectivity index (χ2n) is 8.77. The van der Waals surface area contributed by atoms with E-state index >= 15 is 0 Å². The van der Waals surface area contributed by atoms with Crippen LogP contribution < -0.4 is 15.1 Å². The van der Waals surface area contributed by atoms with Crippen LogP contribution in [0.15, 0.2) is 35.9 Å². The molecule has 2 aliphatic heterocycles. The zero-order chi connectivity index (χ0) is 25.3. The van der Waals surface area contributed by atoms with Crippen LogP contribution in [0.25, 0.3) is 0 Å². The van der Waals surface area contributed by atoms with Gasteiger partial charge in [0.15, 0.2) is 11.6 Å². The molecule has 0 unspecified atom stereocenters. The number of rotatable bonds is 4. The molecule has 1 N–H and O–H groups in total. The Bertz CT molecular complexity index is 1150. The first-order valence-electron chi connectivity index (χ1n) is 11.2. The summed E-state index contributed by atoms with van der Waals surface area (Å²) in [5, 5.41) is 2.70. The number of carbonyl (C=O) groups is 1. The zero-order valence-corrected chi connectivity index (χ0v) is 21.1. The minimum atomic E-state index is -2.78. The highest BCUT2D eigenvalue weighted by atomic mass is 127. The molecule has 0 aliphatic carbocycles. The third kappa shape index (κ3) is 5.87. The van der Waals surface area contributed by atoms with Crippen molar-refractivity contribution in [1.82, 2.24) is 4.98 Å². The second kappa shape index (κ2) is 10.3. The summed E-state index contributed by atoms with van der Waals surface area (Å²) in [6.07, 6.45) is -2.00. The number of carbonyl (C=O) groups excluding carboxylic acids is 1. The number of piperidine rings is 2. The predicted octanol–water partition coefficient (Wildman–Crippen LogP) is 6.37. The molecular weight excluding hydrogens is 582 g/mol. The Morgan fingerprint density at radius 2 is 1.71 bits per heavy atom. The maximum Gasteiger partial charge on any atom is 0.269 e. The van der Waals surface area contributed by atoms with Crippen molar-refractivity contribution in [2.75, 3.05) is 41.3 Å². The Morgan fingerprint density at radius 1 is 1.06 bits per heavy atom. The van der Waals surface area contributed by atoms with E-state index in [0.717, 1.165) is 3.57 Å². The standard InChI is InChI=1S/C24H24F5IN4O/c1-14-12-19(31-22(20(14)25)34-10-6-24(28,29)7-11-34)32-23(35)17-3-2-16(30)13-18(17)33-8-4-15(5-9-33)21(26)27/h2-3,12-13H,4-11H2,1H3,(H,31,32,35). The third-order valence-electron chi connectivity index (χ3n) is 6.34. The fraction of sp³-hybridized carbons (Fsp3) is 0.417. The van der Waals surface area contributed by atoms with Crippen LogP contribution in [0.2, 0.25) is 0 Å².